The molecule has 0 saturated heterocycles. The van der Waals surface area contributed by atoms with E-state index in [2.05, 4.69) is 16.7 Å². The number of thiocarbonyl (C=S) groups is 1. The maximum atomic E-state index is 5.99. The minimum absolute atomic E-state index is 0.358. The van der Waals surface area contributed by atoms with Gasteiger partial charge < -0.3 is 16.4 Å². The number of hydrogen-bond donors (Lipinski definition) is 3. The molecule has 0 aliphatic heterocycles. The van der Waals surface area contributed by atoms with Crippen LogP contribution < -0.4 is 16.4 Å². The number of nitrogens with two attached hydrogens (primary N) is 1. The highest BCUT2D eigenvalue weighted by atomic mass is 35.5. The van der Waals surface area contributed by atoms with E-state index >= 15 is 0 Å². The Morgan fingerprint density at radius 1 is 1.05 bits per heavy atom. The highest BCUT2D eigenvalue weighted by molar-refractivity contribution is 7.80. The topological polar surface area (TPSA) is 50.1 Å². The van der Waals surface area contributed by atoms with Gasteiger partial charge in [0.25, 0.3) is 0 Å². The Morgan fingerprint density at radius 2 is 1.67 bits per heavy atom. The quantitative estimate of drug-likeness (QED) is 0.532. The molecular weight excluding hydrogens is 325 g/mol. The fourth-order valence-corrected chi connectivity index (χ4v) is 2.61. The normalized spacial score (nSPS) is 10.3. The van der Waals surface area contributed by atoms with Crippen LogP contribution in [0.1, 0.15) is 11.1 Å². The lowest BCUT2D eigenvalue weighted by Crippen LogP contribution is -2.19. The minimum atomic E-state index is 0.358. The second-order valence-electron chi connectivity index (χ2n) is 4.75. The van der Waals surface area contributed by atoms with Gasteiger partial charge in [0.05, 0.1) is 15.7 Å². The molecule has 0 fully saturated rings. The monoisotopic (exact) mass is 339 g/mol. The SMILES string of the molecule is Cc1ccc(NC(=S)Nc2cc(Cl)c(N)c(Cl)c2)c(C)c1. The van der Waals surface area contributed by atoms with Gasteiger partial charge in [-0.25, -0.2) is 0 Å². The lowest BCUT2D eigenvalue weighted by atomic mass is 10.1. The van der Waals surface area contributed by atoms with Crippen LogP contribution in [0.5, 0.6) is 0 Å². The van der Waals surface area contributed by atoms with Crippen molar-refractivity contribution in [1.82, 2.24) is 0 Å². The molecule has 2 rings (SSSR count). The average molecular weight is 340 g/mol. The summed E-state index contributed by atoms with van der Waals surface area (Å²) in [6.07, 6.45) is 0. The van der Waals surface area contributed by atoms with Crippen LogP contribution in [-0.4, -0.2) is 5.11 Å². The molecule has 0 amide bonds. The predicted molar refractivity (Wildman–Crippen MR) is 96.6 cm³/mol. The Labute approximate surface area is 139 Å². The van der Waals surface area contributed by atoms with Crippen molar-refractivity contribution >= 4 is 57.6 Å². The third-order valence-corrected chi connectivity index (χ3v) is 3.80. The molecule has 0 aliphatic rings. The Bertz CT molecular complexity index is 678. The van der Waals surface area contributed by atoms with Crippen LogP contribution in [0.2, 0.25) is 10.0 Å². The highest BCUT2D eigenvalue weighted by Crippen LogP contribution is 2.31. The zero-order valence-electron chi connectivity index (χ0n) is 11.6. The lowest BCUT2D eigenvalue weighted by molar-refractivity contribution is 1.38. The maximum Gasteiger partial charge on any atom is 0.175 e. The fraction of sp³-hybridized carbons (Fsp3) is 0.133. The number of anilines is 3. The summed E-state index contributed by atoms with van der Waals surface area (Å²) in [5, 5.41) is 7.41. The van der Waals surface area contributed by atoms with Crippen LogP contribution >= 0.6 is 35.4 Å². The molecule has 0 aromatic heterocycles. The van der Waals surface area contributed by atoms with Crippen LogP contribution in [-0.2, 0) is 0 Å². The molecule has 3 nitrogen and oxygen atoms in total. The van der Waals surface area contributed by atoms with E-state index in [0.717, 1.165) is 11.3 Å². The number of nitrogens with one attached hydrogen (secondary N) is 2. The zero-order chi connectivity index (χ0) is 15.6. The molecule has 2 aromatic rings. The number of rotatable bonds is 2. The maximum absolute atomic E-state index is 5.99. The van der Waals surface area contributed by atoms with Gasteiger partial charge in [-0.2, -0.15) is 0 Å². The predicted octanol–water partition coefficient (Wildman–Crippen LogP) is 5.00. The Kier molecular flexibility index (Phi) is 4.93. The van der Waals surface area contributed by atoms with Gasteiger partial charge in [0.1, 0.15) is 0 Å². The second kappa shape index (κ2) is 6.52. The van der Waals surface area contributed by atoms with Crippen LogP contribution in [0.25, 0.3) is 0 Å². The molecule has 0 aliphatic carbocycles. The van der Waals surface area contributed by atoms with E-state index in [4.69, 9.17) is 41.2 Å². The van der Waals surface area contributed by atoms with Crippen molar-refractivity contribution in [2.24, 2.45) is 0 Å². The summed E-state index contributed by atoms with van der Waals surface area (Å²) in [4.78, 5) is 0. The molecule has 0 saturated carbocycles. The first-order valence-corrected chi connectivity index (χ1v) is 7.43. The first-order chi connectivity index (χ1) is 9.86. The van der Waals surface area contributed by atoms with E-state index in [1.165, 1.54) is 5.56 Å². The van der Waals surface area contributed by atoms with E-state index in [9.17, 15) is 0 Å². The van der Waals surface area contributed by atoms with Crippen molar-refractivity contribution in [3.05, 3.63) is 51.5 Å². The minimum Gasteiger partial charge on any atom is -0.396 e. The summed E-state index contributed by atoms with van der Waals surface area (Å²) < 4.78 is 0. The largest absolute Gasteiger partial charge is 0.396 e. The van der Waals surface area contributed by atoms with E-state index in [-0.39, 0.29) is 0 Å². The Balaban J connectivity index is 2.12. The molecule has 0 bridgehead atoms. The lowest BCUT2D eigenvalue weighted by Gasteiger charge is -2.14. The van der Waals surface area contributed by atoms with Crippen molar-refractivity contribution in [2.45, 2.75) is 13.8 Å². The van der Waals surface area contributed by atoms with Crippen LogP contribution in [0.15, 0.2) is 30.3 Å². The summed E-state index contributed by atoms with van der Waals surface area (Å²) in [7, 11) is 0. The van der Waals surface area contributed by atoms with E-state index in [1.54, 1.807) is 12.1 Å². The third-order valence-electron chi connectivity index (χ3n) is 2.97. The van der Waals surface area contributed by atoms with Gasteiger partial charge >= 0.3 is 0 Å². The van der Waals surface area contributed by atoms with Crippen molar-refractivity contribution in [1.29, 1.82) is 0 Å². The summed E-state index contributed by atoms with van der Waals surface area (Å²) >= 11 is 17.3. The van der Waals surface area contributed by atoms with Crippen molar-refractivity contribution in [3.63, 3.8) is 0 Å². The van der Waals surface area contributed by atoms with Gasteiger partial charge in [-0.05, 0) is 49.8 Å². The van der Waals surface area contributed by atoms with Gasteiger partial charge in [0, 0.05) is 11.4 Å². The summed E-state index contributed by atoms with van der Waals surface area (Å²) in [6.45, 7) is 4.07. The molecule has 0 unspecified atom stereocenters. The number of hydrogen-bond acceptors (Lipinski definition) is 2. The molecule has 0 spiro atoms. The van der Waals surface area contributed by atoms with Gasteiger partial charge in [0.2, 0.25) is 0 Å². The first-order valence-electron chi connectivity index (χ1n) is 6.26. The Morgan fingerprint density at radius 3 is 2.24 bits per heavy atom. The fourth-order valence-electron chi connectivity index (χ4n) is 1.89. The second-order valence-corrected chi connectivity index (χ2v) is 5.97. The molecule has 0 heterocycles. The van der Waals surface area contributed by atoms with E-state index < -0.39 is 0 Å². The van der Waals surface area contributed by atoms with Crippen molar-refractivity contribution in [2.75, 3.05) is 16.4 Å². The highest BCUT2D eigenvalue weighted by Gasteiger charge is 2.07. The van der Waals surface area contributed by atoms with Crippen LogP contribution in [0, 0.1) is 13.8 Å². The molecule has 21 heavy (non-hydrogen) atoms. The number of aryl methyl sites for hydroxylation is 2. The van der Waals surface area contributed by atoms with Crippen LogP contribution in [0.4, 0.5) is 17.1 Å². The summed E-state index contributed by atoms with van der Waals surface area (Å²) in [5.74, 6) is 0. The third kappa shape index (κ3) is 4.00. The molecule has 110 valence electrons. The average Bonchev–Trinajstić information content (AvgIpc) is 2.39. The zero-order valence-corrected chi connectivity index (χ0v) is 14.0. The van der Waals surface area contributed by atoms with E-state index in [1.807, 2.05) is 26.0 Å². The molecular formula is C15H15Cl2N3S. The molecule has 0 radical (unpaired) electrons. The molecule has 4 N–H and O–H groups in total. The van der Waals surface area contributed by atoms with Gasteiger partial charge in [-0.15, -0.1) is 0 Å². The van der Waals surface area contributed by atoms with E-state index in [0.29, 0.717) is 26.5 Å². The van der Waals surface area contributed by atoms with Gasteiger partial charge in [-0.1, -0.05) is 40.9 Å². The number of benzene rings is 2. The number of halogens is 2. The molecule has 0 atom stereocenters. The summed E-state index contributed by atoms with van der Waals surface area (Å²) in [6, 6.07) is 9.45. The van der Waals surface area contributed by atoms with Gasteiger partial charge in [0.15, 0.2) is 5.11 Å². The van der Waals surface area contributed by atoms with Gasteiger partial charge in [-0.3, -0.25) is 0 Å². The number of nitrogen functional groups attached to an aromatic ring is 1. The first kappa shape index (κ1) is 15.9. The molecule has 6 heteroatoms. The van der Waals surface area contributed by atoms with Crippen LogP contribution in [0.3, 0.4) is 0 Å². The standard InChI is InChI=1S/C15H15Cl2N3S/c1-8-3-4-13(9(2)5-8)20-15(21)19-10-6-11(16)14(18)12(17)7-10/h3-7H,18H2,1-2H3,(H2,19,20,21). The molecule has 2 aromatic carbocycles. The van der Waals surface area contributed by atoms with Crippen molar-refractivity contribution < 1.29 is 0 Å². The smallest absolute Gasteiger partial charge is 0.175 e. The summed E-state index contributed by atoms with van der Waals surface area (Å²) in [5.41, 5.74) is 10.0. The van der Waals surface area contributed by atoms with Crippen molar-refractivity contribution in [3.8, 4) is 0 Å². The Hall–Kier alpha value is -1.49.